The van der Waals surface area contributed by atoms with E-state index in [0.29, 0.717) is 25.0 Å². The first kappa shape index (κ1) is 23.5. The first-order chi connectivity index (χ1) is 15.6. The van der Waals surface area contributed by atoms with E-state index in [-0.39, 0.29) is 40.0 Å². The van der Waals surface area contributed by atoms with E-state index in [1.807, 2.05) is 13.8 Å². The molecule has 178 valence electrons. The van der Waals surface area contributed by atoms with Crippen molar-refractivity contribution in [2.75, 3.05) is 18.0 Å². The molecule has 1 aromatic carbocycles. The quantitative estimate of drug-likeness (QED) is 0.563. The summed E-state index contributed by atoms with van der Waals surface area (Å²) in [4.78, 5) is 38.5. The largest absolute Gasteiger partial charge is 0.477 e. The summed E-state index contributed by atoms with van der Waals surface area (Å²) >= 11 is 6.68. The average molecular weight is 479 g/mol. The second-order valence-corrected chi connectivity index (χ2v) is 9.46. The molecular weight excluding hydrogens is 451 g/mol. The van der Waals surface area contributed by atoms with E-state index in [4.69, 9.17) is 17.3 Å². The van der Waals surface area contributed by atoms with Gasteiger partial charge in [-0.2, -0.15) is 0 Å². The van der Waals surface area contributed by atoms with Gasteiger partial charge in [-0.1, -0.05) is 31.9 Å². The molecular formula is C23H28ClFN4O4. The Hall–Kier alpha value is -2.65. The Morgan fingerprint density at radius 3 is 2.67 bits per heavy atom. The monoisotopic (exact) mass is 478 g/mol. The number of carbonyl (C=O) groups is 2. The summed E-state index contributed by atoms with van der Waals surface area (Å²) in [6.45, 7) is 4.71. The van der Waals surface area contributed by atoms with Gasteiger partial charge in [0.25, 0.3) is 0 Å². The number of carboxylic acids is 1. The zero-order valence-electron chi connectivity index (χ0n) is 18.6. The second-order valence-electron chi connectivity index (χ2n) is 9.08. The summed E-state index contributed by atoms with van der Waals surface area (Å²) in [6, 6.07) is 0.282. The van der Waals surface area contributed by atoms with Crippen LogP contribution in [-0.2, 0) is 4.79 Å². The standard InChI is InChI=1S/C23H28ClFN4O4/c1-3-11(2)18(26)22(31)27-12-6-7-28(9-12)20-16(25)8-14-19(17(20)24)29(13-4-5-13)10-15(21(14)30)23(32)33/h8,10-13,18H,3-7,9,26H2,1-2H3,(H,27,31)(H,32,33). The summed E-state index contributed by atoms with van der Waals surface area (Å²) in [6.07, 6.45) is 4.35. The van der Waals surface area contributed by atoms with Crippen LogP contribution < -0.4 is 21.4 Å². The van der Waals surface area contributed by atoms with Crippen molar-refractivity contribution in [3.63, 3.8) is 0 Å². The van der Waals surface area contributed by atoms with E-state index in [9.17, 15) is 19.5 Å². The summed E-state index contributed by atoms with van der Waals surface area (Å²) in [5.41, 5.74) is 5.36. The molecule has 4 N–H and O–H groups in total. The van der Waals surface area contributed by atoms with Crippen LogP contribution in [0.1, 0.15) is 55.9 Å². The molecule has 0 radical (unpaired) electrons. The fourth-order valence-electron chi connectivity index (χ4n) is 4.41. The zero-order chi connectivity index (χ0) is 24.0. The zero-order valence-corrected chi connectivity index (χ0v) is 19.4. The number of halogens is 2. The van der Waals surface area contributed by atoms with Crippen molar-refractivity contribution in [1.29, 1.82) is 0 Å². The normalized spacial score (nSPS) is 20.2. The van der Waals surface area contributed by atoms with Gasteiger partial charge >= 0.3 is 5.97 Å². The number of carboxylic acid groups (broad SMARTS) is 1. The predicted octanol–water partition coefficient (Wildman–Crippen LogP) is 2.90. The molecule has 33 heavy (non-hydrogen) atoms. The van der Waals surface area contributed by atoms with E-state index in [0.717, 1.165) is 25.3 Å². The van der Waals surface area contributed by atoms with Crippen molar-refractivity contribution in [1.82, 2.24) is 9.88 Å². The van der Waals surface area contributed by atoms with Gasteiger partial charge in [-0.05, 0) is 31.2 Å². The third-order valence-electron chi connectivity index (χ3n) is 6.77. The maximum atomic E-state index is 15.2. The molecule has 2 heterocycles. The van der Waals surface area contributed by atoms with Crippen LogP contribution in [-0.4, -0.2) is 46.7 Å². The number of aromatic nitrogens is 1. The highest BCUT2D eigenvalue weighted by atomic mass is 35.5. The fraction of sp³-hybridized carbons (Fsp3) is 0.522. The van der Waals surface area contributed by atoms with E-state index < -0.39 is 28.8 Å². The molecule has 2 aromatic rings. The molecule has 2 fully saturated rings. The molecule has 8 nitrogen and oxygen atoms in total. The van der Waals surface area contributed by atoms with Gasteiger partial charge in [0.2, 0.25) is 11.3 Å². The number of amides is 1. The van der Waals surface area contributed by atoms with Crippen LogP contribution >= 0.6 is 11.6 Å². The number of benzene rings is 1. The van der Waals surface area contributed by atoms with Crippen LogP contribution in [0.3, 0.4) is 0 Å². The van der Waals surface area contributed by atoms with Gasteiger partial charge in [0.15, 0.2) is 0 Å². The van der Waals surface area contributed by atoms with Gasteiger partial charge in [0.1, 0.15) is 11.4 Å². The minimum absolute atomic E-state index is 0.0228. The highest BCUT2D eigenvalue weighted by Gasteiger charge is 2.33. The van der Waals surface area contributed by atoms with Gasteiger partial charge in [-0.3, -0.25) is 9.59 Å². The lowest BCUT2D eigenvalue weighted by Crippen LogP contribution is -2.49. The number of rotatable bonds is 7. The second kappa shape index (κ2) is 8.95. The molecule has 0 bridgehead atoms. The Balaban J connectivity index is 1.67. The summed E-state index contributed by atoms with van der Waals surface area (Å²) in [5, 5.41) is 12.4. The van der Waals surface area contributed by atoms with Crippen LogP contribution in [0.2, 0.25) is 5.02 Å². The van der Waals surface area contributed by atoms with Crippen molar-refractivity contribution in [3.05, 3.63) is 38.9 Å². The van der Waals surface area contributed by atoms with E-state index in [1.165, 1.54) is 6.20 Å². The van der Waals surface area contributed by atoms with Crippen LogP contribution in [0.25, 0.3) is 10.9 Å². The van der Waals surface area contributed by atoms with Crippen LogP contribution in [0.5, 0.6) is 0 Å². The topological polar surface area (TPSA) is 118 Å². The van der Waals surface area contributed by atoms with Crippen molar-refractivity contribution in [2.24, 2.45) is 11.7 Å². The van der Waals surface area contributed by atoms with Gasteiger partial charge < -0.3 is 25.6 Å². The van der Waals surface area contributed by atoms with E-state index in [2.05, 4.69) is 5.32 Å². The number of aromatic carboxylic acids is 1. The molecule has 1 amide bonds. The molecule has 1 saturated carbocycles. The third-order valence-corrected chi connectivity index (χ3v) is 7.12. The molecule has 1 aliphatic carbocycles. The number of nitrogens with zero attached hydrogens (tertiary/aromatic N) is 2. The lowest BCUT2D eigenvalue weighted by Gasteiger charge is -2.24. The molecule has 10 heteroatoms. The number of pyridine rings is 1. The lowest BCUT2D eigenvalue weighted by atomic mass is 9.99. The van der Waals surface area contributed by atoms with Crippen molar-refractivity contribution < 1.29 is 19.1 Å². The Labute approximate surface area is 195 Å². The smallest absolute Gasteiger partial charge is 0.341 e. The molecule has 4 rings (SSSR count). The number of nitrogens with two attached hydrogens (primary N) is 1. The first-order valence-electron chi connectivity index (χ1n) is 11.2. The Morgan fingerprint density at radius 2 is 2.06 bits per heavy atom. The molecule has 3 unspecified atom stereocenters. The first-order valence-corrected chi connectivity index (χ1v) is 11.6. The molecule has 1 aliphatic heterocycles. The highest BCUT2D eigenvalue weighted by Crippen LogP contribution is 2.42. The highest BCUT2D eigenvalue weighted by molar-refractivity contribution is 6.38. The lowest BCUT2D eigenvalue weighted by molar-refractivity contribution is -0.124. The number of anilines is 1. The van der Waals surface area contributed by atoms with Gasteiger partial charge in [0, 0.05) is 31.4 Å². The van der Waals surface area contributed by atoms with Crippen LogP contribution in [0.15, 0.2) is 17.1 Å². The van der Waals surface area contributed by atoms with Gasteiger partial charge in [-0.25, -0.2) is 9.18 Å². The van der Waals surface area contributed by atoms with Gasteiger partial charge in [-0.15, -0.1) is 0 Å². The van der Waals surface area contributed by atoms with Crippen molar-refractivity contribution >= 4 is 40.1 Å². The number of fused-ring (bicyclic) bond motifs is 1. The SMILES string of the molecule is CCC(C)C(N)C(=O)NC1CCN(c2c(F)cc3c(=O)c(C(=O)O)cn(C4CC4)c3c2Cl)C1. The number of hydrogen-bond donors (Lipinski definition) is 3. The summed E-state index contributed by atoms with van der Waals surface area (Å²) < 4.78 is 16.9. The Kier molecular flexibility index (Phi) is 6.37. The molecule has 1 aromatic heterocycles. The minimum Gasteiger partial charge on any atom is -0.477 e. The maximum Gasteiger partial charge on any atom is 0.341 e. The summed E-state index contributed by atoms with van der Waals surface area (Å²) in [5.74, 6) is -2.24. The number of hydrogen-bond acceptors (Lipinski definition) is 5. The van der Waals surface area contributed by atoms with Crippen LogP contribution in [0.4, 0.5) is 10.1 Å². The van der Waals surface area contributed by atoms with Crippen LogP contribution in [0, 0.1) is 11.7 Å². The minimum atomic E-state index is -1.36. The average Bonchev–Trinajstić information content (AvgIpc) is 3.52. The molecule has 3 atom stereocenters. The maximum absolute atomic E-state index is 15.2. The van der Waals surface area contributed by atoms with Crippen molar-refractivity contribution in [2.45, 2.75) is 57.7 Å². The van der Waals surface area contributed by atoms with E-state index >= 15 is 4.39 Å². The van der Waals surface area contributed by atoms with Crippen molar-refractivity contribution in [3.8, 4) is 0 Å². The molecule has 1 saturated heterocycles. The summed E-state index contributed by atoms with van der Waals surface area (Å²) in [7, 11) is 0. The van der Waals surface area contributed by atoms with Gasteiger partial charge in [0.05, 0.1) is 27.7 Å². The third kappa shape index (κ3) is 4.31. The molecule has 0 spiro atoms. The predicted molar refractivity (Wildman–Crippen MR) is 125 cm³/mol. The Morgan fingerprint density at radius 1 is 1.36 bits per heavy atom. The number of carbonyl (C=O) groups excluding carboxylic acids is 1. The number of nitrogens with one attached hydrogen (secondary N) is 1. The Bertz CT molecular complexity index is 1180. The van der Waals surface area contributed by atoms with E-state index in [1.54, 1.807) is 9.47 Å². The molecule has 2 aliphatic rings. The fourth-order valence-corrected chi connectivity index (χ4v) is 4.81.